The molecule has 5 heteroatoms. The number of hydrogen-bond acceptors (Lipinski definition) is 4. The first-order valence-corrected chi connectivity index (χ1v) is 10.9. The van der Waals surface area contributed by atoms with Crippen LogP contribution in [0.25, 0.3) is 0 Å². The van der Waals surface area contributed by atoms with Gasteiger partial charge in [-0.3, -0.25) is 9.69 Å². The Kier molecular flexibility index (Phi) is 5.77. The molecule has 3 fully saturated rings. The fraction of sp³-hybridized carbons (Fsp3) is 0.696. The number of carbonyl (C=O) groups excluding carboxylic acids is 1. The SMILES string of the molecule is CN1CCC2(CC1)CCN(CC1(O)CCCN(CCc3ccccc3)C1=O)C2. The Hall–Kier alpha value is -1.43. The van der Waals surface area contributed by atoms with Crippen LogP contribution in [0.4, 0.5) is 0 Å². The van der Waals surface area contributed by atoms with E-state index in [1.165, 1.54) is 37.9 Å². The first-order valence-electron chi connectivity index (χ1n) is 10.9. The first-order chi connectivity index (χ1) is 13.5. The van der Waals surface area contributed by atoms with E-state index < -0.39 is 5.60 Å². The van der Waals surface area contributed by atoms with E-state index in [4.69, 9.17) is 0 Å². The third-order valence-corrected chi connectivity index (χ3v) is 7.27. The summed E-state index contributed by atoms with van der Waals surface area (Å²) in [5.41, 5.74) is 0.452. The molecule has 0 aliphatic carbocycles. The minimum atomic E-state index is -1.20. The zero-order chi connectivity index (χ0) is 19.6. The number of benzene rings is 1. The predicted molar refractivity (Wildman–Crippen MR) is 111 cm³/mol. The van der Waals surface area contributed by atoms with Crippen LogP contribution in [-0.2, 0) is 11.2 Å². The molecule has 0 aromatic heterocycles. The zero-order valence-electron chi connectivity index (χ0n) is 17.3. The van der Waals surface area contributed by atoms with Gasteiger partial charge in [-0.1, -0.05) is 30.3 Å². The number of amides is 1. The van der Waals surface area contributed by atoms with Crippen molar-refractivity contribution in [1.82, 2.24) is 14.7 Å². The first kappa shape index (κ1) is 19.9. The van der Waals surface area contributed by atoms with Gasteiger partial charge in [0, 0.05) is 26.2 Å². The molecule has 4 rings (SSSR count). The smallest absolute Gasteiger partial charge is 0.255 e. The topological polar surface area (TPSA) is 47.0 Å². The molecular weight excluding hydrogens is 350 g/mol. The fourth-order valence-electron chi connectivity index (χ4n) is 5.37. The lowest BCUT2D eigenvalue weighted by Crippen LogP contribution is -2.58. The third kappa shape index (κ3) is 4.27. The number of β-amino-alcohol motifs (C(OH)–C–C–N with tert-alkyl or cyclic N) is 1. The van der Waals surface area contributed by atoms with Crippen molar-refractivity contribution in [3.05, 3.63) is 35.9 Å². The van der Waals surface area contributed by atoms with Crippen LogP contribution in [0, 0.1) is 5.41 Å². The fourth-order valence-corrected chi connectivity index (χ4v) is 5.37. The Balaban J connectivity index is 1.34. The summed E-state index contributed by atoms with van der Waals surface area (Å²) in [7, 11) is 2.20. The van der Waals surface area contributed by atoms with Gasteiger partial charge in [0.05, 0.1) is 0 Å². The molecule has 3 heterocycles. The van der Waals surface area contributed by atoms with Crippen LogP contribution in [0.1, 0.15) is 37.7 Å². The second-order valence-electron chi connectivity index (χ2n) is 9.43. The minimum absolute atomic E-state index is 0.0565. The standard InChI is InChI=1S/C23H35N3O2/c1-24-15-10-22(11-16-24)12-17-25(18-22)19-23(28)9-5-13-26(21(23)27)14-8-20-6-3-2-4-7-20/h2-4,6-7,28H,5,8-19H2,1H3. The molecule has 1 spiro atoms. The van der Waals surface area contributed by atoms with Gasteiger partial charge >= 0.3 is 0 Å². The van der Waals surface area contributed by atoms with Crippen molar-refractivity contribution in [2.75, 3.05) is 52.9 Å². The summed E-state index contributed by atoms with van der Waals surface area (Å²) in [6, 6.07) is 10.3. The maximum atomic E-state index is 13.1. The van der Waals surface area contributed by atoms with E-state index in [0.717, 1.165) is 32.5 Å². The van der Waals surface area contributed by atoms with Crippen molar-refractivity contribution >= 4 is 5.91 Å². The monoisotopic (exact) mass is 385 g/mol. The van der Waals surface area contributed by atoms with E-state index in [1.807, 2.05) is 23.1 Å². The average Bonchev–Trinajstić information content (AvgIpc) is 3.08. The Morgan fingerprint density at radius 1 is 1.00 bits per heavy atom. The maximum absolute atomic E-state index is 13.1. The molecule has 1 amide bonds. The van der Waals surface area contributed by atoms with Crippen LogP contribution in [0.2, 0.25) is 0 Å². The zero-order valence-corrected chi connectivity index (χ0v) is 17.3. The number of rotatable bonds is 5. The van der Waals surface area contributed by atoms with Crippen molar-refractivity contribution in [2.45, 2.75) is 44.1 Å². The van der Waals surface area contributed by atoms with E-state index in [2.05, 4.69) is 29.0 Å². The quantitative estimate of drug-likeness (QED) is 0.842. The Labute approximate surface area is 169 Å². The van der Waals surface area contributed by atoms with Crippen LogP contribution in [-0.4, -0.2) is 84.2 Å². The number of hydrogen-bond donors (Lipinski definition) is 1. The van der Waals surface area contributed by atoms with Crippen LogP contribution >= 0.6 is 0 Å². The van der Waals surface area contributed by atoms with E-state index in [1.54, 1.807) is 0 Å². The van der Waals surface area contributed by atoms with E-state index in [-0.39, 0.29) is 5.91 Å². The molecule has 1 atom stereocenters. The van der Waals surface area contributed by atoms with Gasteiger partial charge in [-0.05, 0) is 76.2 Å². The predicted octanol–water partition coefficient (Wildman–Crippen LogP) is 2.00. The molecule has 1 aromatic rings. The van der Waals surface area contributed by atoms with Crippen LogP contribution in [0.3, 0.4) is 0 Å². The Morgan fingerprint density at radius 3 is 2.46 bits per heavy atom. The maximum Gasteiger partial charge on any atom is 0.255 e. The lowest BCUT2D eigenvalue weighted by Gasteiger charge is -2.41. The Bertz CT molecular complexity index is 672. The number of piperidine rings is 2. The van der Waals surface area contributed by atoms with Gasteiger partial charge in [0.1, 0.15) is 0 Å². The number of aliphatic hydroxyl groups is 1. The van der Waals surface area contributed by atoms with Gasteiger partial charge in [-0.25, -0.2) is 0 Å². The summed E-state index contributed by atoms with van der Waals surface area (Å²) in [4.78, 5) is 19.8. The van der Waals surface area contributed by atoms with E-state index in [9.17, 15) is 9.90 Å². The minimum Gasteiger partial charge on any atom is -0.379 e. The summed E-state index contributed by atoms with van der Waals surface area (Å²) in [5.74, 6) is -0.0565. The highest BCUT2D eigenvalue weighted by molar-refractivity contribution is 5.86. The highest BCUT2D eigenvalue weighted by Crippen LogP contribution is 2.41. The molecule has 3 saturated heterocycles. The summed E-state index contributed by atoms with van der Waals surface area (Å²) >= 11 is 0. The normalized spacial score (nSPS) is 28.9. The molecule has 0 bridgehead atoms. The van der Waals surface area contributed by atoms with Gasteiger partial charge in [0.2, 0.25) is 0 Å². The molecule has 3 aliphatic heterocycles. The van der Waals surface area contributed by atoms with E-state index in [0.29, 0.717) is 24.9 Å². The summed E-state index contributed by atoms with van der Waals surface area (Å²) < 4.78 is 0. The van der Waals surface area contributed by atoms with Crippen LogP contribution < -0.4 is 0 Å². The van der Waals surface area contributed by atoms with Crippen LogP contribution in [0.15, 0.2) is 30.3 Å². The van der Waals surface area contributed by atoms with Crippen molar-refractivity contribution < 1.29 is 9.90 Å². The van der Waals surface area contributed by atoms with Crippen LogP contribution in [0.5, 0.6) is 0 Å². The largest absolute Gasteiger partial charge is 0.379 e. The van der Waals surface area contributed by atoms with Gasteiger partial charge in [-0.2, -0.15) is 0 Å². The van der Waals surface area contributed by atoms with Crippen molar-refractivity contribution in [3.63, 3.8) is 0 Å². The van der Waals surface area contributed by atoms with E-state index >= 15 is 0 Å². The lowest BCUT2D eigenvalue weighted by molar-refractivity contribution is -0.159. The molecule has 1 aromatic carbocycles. The molecule has 154 valence electrons. The van der Waals surface area contributed by atoms with Gasteiger partial charge in [0.25, 0.3) is 5.91 Å². The van der Waals surface area contributed by atoms with Gasteiger partial charge < -0.3 is 14.9 Å². The number of likely N-dealkylation sites (tertiary alicyclic amines) is 3. The molecule has 28 heavy (non-hydrogen) atoms. The van der Waals surface area contributed by atoms with Crippen molar-refractivity contribution in [3.8, 4) is 0 Å². The number of nitrogens with zero attached hydrogens (tertiary/aromatic N) is 3. The number of carbonyl (C=O) groups is 1. The van der Waals surface area contributed by atoms with Gasteiger partial charge in [-0.15, -0.1) is 0 Å². The third-order valence-electron chi connectivity index (χ3n) is 7.27. The molecule has 0 saturated carbocycles. The summed E-state index contributed by atoms with van der Waals surface area (Å²) in [6.07, 6.45) is 6.04. The van der Waals surface area contributed by atoms with Gasteiger partial charge in [0.15, 0.2) is 5.60 Å². The summed E-state index contributed by atoms with van der Waals surface area (Å²) in [6.45, 7) is 6.37. The second-order valence-corrected chi connectivity index (χ2v) is 9.43. The molecule has 5 nitrogen and oxygen atoms in total. The molecule has 1 unspecified atom stereocenters. The second kappa shape index (κ2) is 8.13. The average molecular weight is 386 g/mol. The Morgan fingerprint density at radius 2 is 1.71 bits per heavy atom. The van der Waals surface area contributed by atoms with Crippen molar-refractivity contribution in [2.24, 2.45) is 5.41 Å². The molecule has 1 N–H and O–H groups in total. The highest BCUT2D eigenvalue weighted by Gasteiger charge is 2.47. The molecule has 3 aliphatic rings. The molecular formula is C23H35N3O2. The highest BCUT2D eigenvalue weighted by atomic mass is 16.3. The lowest BCUT2D eigenvalue weighted by atomic mass is 9.78. The summed E-state index contributed by atoms with van der Waals surface area (Å²) in [5, 5.41) is 11.3. The van der Waals surface area contributed by atoms with Crippen molar-refractivity contribution in [1.29, 1.82) is 0 Å². The molecule has 0 radical (unpaired) electrons.